The Morgan fingerprint density at radius 1 is 1.54 bits per heavy atom. The average molecular weight is 289 g/mol. The minimum Gasteiger partial charge on any atom is -0.493 e. The molecule has 70 valence electrons. The van der Waals surface area contributed by atoms with Crippen molar-refractivity contribution in [2.45, 2.75) is 19.4 Å². The summed E-state index contributed by atoms with van der Waals surface area (Å²) < 4.78 is 6.86. The molecule has 1 aromatic carbocycles. The summed E-state index contributed by atoms with van der Waals surface area (Å²) in [6.07, 6.45) is 0.924. The normalized spacial score (nSPS) is 20.7. The Labute approximate surface area is 91.6 Å². The van der Waals surface area contributed by atoms with Gasteiger partial charge in [-0.1, -0.05) is 6.07 Å². The summed E-state index contributed by atoms with van der Waals surface area (Å²) in [5.41, 5.74) is 8.36. The summed E-state index contributed by atoms with van der Waals surface area (Å²) in [7, 11) is 0. The Bertz CT molecular complexity index is 338. The van der Waals surface area contributed by atoms with Crippen molar-refractivity contribution >= 4 is 22.6 Å². The third kappa shape index (κ3) is 1.55. The fourth-order valence-electron chi connectivity index (χ4n) is 1.62. The zero-order valence-electron chi connectivity index (χ0n) is 7.51. The number of hydrogen-bond acceptors (Lipinski definition) is 2. The van der Waals surface area contributed by atoms with Gasteiger partial charge < -0.3 is 10.5 Å². The van der Waals surface area contributed by atoms with Crippen LogP contribution >= 0.6 is 22.6 Å². The zero-order valence-corrected chi connectivity index (χ0v) is 9.67. The predicted octanol–water partition coefficient (Wildman–Crippen LogP) is 2.38. The first-order valence-corrected chi connectivity index (χ1v) is 5.45. The maximum absolute atomic E-state index is 5.98. The molecule has 3 heteroatoms. The van der Waals surface area contributed by atoms with Crippen molar-refractivity contribution in [3.63, 3.8) is 0 Å². The van der Waals surface area contributed by atoms with Crippen molar-refractivity contribution in [3.05, 3.63) is 26.8 Å². The molecule has 1 heterocycles. The van der Waals surface area contributed by atoms with Gasteiger partial charge >= 0.3 is 0 Å². The summed E-state index contributed by atoms with van der Waals surface area (Å²) in [5.74, 6) is 1.01. The smallest absolute Gasteiger partial charge is 0.128 e. The molecule has 0 unspecified atom stereocenters. The molecule has 1 aliphatic rings. The van der Waals surface area contributed by atoms with Gasteiger partial charge in [0.2, 0.25) is 0 Å². The SMILES string of the molecule is Cc1c(I)ccc2c1OCC[C@H]2N. The third-order valence-corrected chi connectivity index (χ3v) is 3.61. The van der Waals surface area contributed by atoms with Crippen molar-refractivity contribution in [2.75, 3.05) is 6.61 Å². The molecule has 0 saturated carbocycles. The highest BCUT2D eigenvalue weighted by Crippen LogP contribution is 2.35. The van der Waals surface area contributed by atoms with Crippen LogP contribution in [-0.4, -0.2) is 6.61 Å². The maximum Gasteiger partial charge on any atom is 0.128 e. The Hall–Kier alpha value is -0.290. The number of nitrogens with two attached hydrogens (primary N) is 1. The van der Waals surface area contributed by atoms with Crippen LogP contribution in [0.1, 0.15) is 23.6 Å². The second kappa shape index (κ2) is 3.46. The van der Waals surface area contributed by atoms with E-state index in [1.807, 2.05) is 0 Å². The van der Waals surface area contributed by atoms with E-state index in [1.54, 1.807) is 0 Å². The van der Waals surface area contributed by atoms with E-state index in [0.29, 0.717) is 0 Å². The first-order chi connectivity index (χ1) is 6.20. The van der Waals surface area contributed by atoms with Crippen LogP contribution in [0.2, 0.25) is 0 Å². The molecule has 0 aliphatic carbocycles. The van der Waals surface area contributed by atoms with Crippen molar-refractivity contribution in [1.82, 2.24) is 0 Å². The van der Waals surface area contributed by atoms with Crippen molar-refractivity contribution in [2.24, 2.45) is 5.73 Å². The summed E-state index contributed by atoms with van der Waals surface area (Å²) in [6.45, 7) is 2.83. The van der Waals surface area contributed by atoms with Gasteiger partial charge in [0.1, 0.15) is 5.75 Å². The first kappa shape index (κ1) is 9.27. The molecule has 0 aromatic heterocycles. The van der Waals surface area contributed by atoms with Gasteiger partial charge in [0.25, 0.3) is 0 Å². The summed E-state index contributed by atoms with van der Waals surface area (Å²) in [4.78, 5) is 0. The van der Waals surface area contributed by atoms with Crippen LogP contribution in [0.5, 0.6) is 5.75 Å². The van der Waals surface area contributed by atoms with Crippen molar-refractivity contribution in [1.29, 1.82) is 0 Å². The minimum absolute atomic E-state index is 0.152. The van der Waals surface area contributed by atoms with E-state index in [0.717, 1.165) is 24.3 Å². The topological polar surface area (TPSA) is 35.2 Å². The van der Waals surface area contributed by atoms with Crippen LogP contribution in [0, 0.1) is 10.5 Å². The standard InChI is InChI=1S/C10H12INO/c1-6-8(11)3-2-7-9(12)4-5-13-10(6)7/h2-3,9H,4-5,12H2,1H3/t9-/m1/s1. The monoisotopic (exact) mass is 289 g/mol. The second-order valence-electron chi connectivity index (χ2n) is 3.33. The van der Waals surface area contributed by atoms with Crippen LogP contribution in [0.15, 0.2) is 12.1 Å². The lowest BCUT2D eigenvalue weighted by Gasteiger charge is -2.24. The zero-order chi connectivity index (χ0) is 9.42. The van der Waals surface area contributed by atoms with Crippen LogP contribution < -0.4 is 10.5 Å². The molecule has 1 atom stereocenters. The molecule has 2 nitrogen and oxygen atoms in total. The fourth-order valence-corrected chi connectivity index (χ4v) is 2.04. The Balaban J connectivity index is 2.56. The Morgan fingerprint density at radius 3 is 3.08 bits per heavy atom. The second-order valence-corrected chi connectivity index (χ2v) is 4.50. The van der Waals surface area contributed by atoms with Gasteiger partial charge in [-0.15, -0.1) is 0 Å². The van der Waals surface area contributed by atoms with E-state index in [9.17, 15) is 0 Å². The van der Waals surface area contributed by atoms with E-state index in [4.69, 9.17) is 10.5 Å². The molecular weight excluding hydrogens is 277 g/mol. The number of rotatable bonds is 0. The molecule has 13 heavy (non-hydrogen) atoms. The lowest BCUT2D eigenvalue weighted by atomic mass is 9.99. The van der Waals surface area contributed by atoms with Crippen molar-refractivity contribution < 1.29 is 4.74 Å². The molecule has 2 N–H and O–H groups in total. The van der Waals surface area contributed by atoms with E-state index >= 15 is 0 Å². The highest BCUT2D eigenvalue weighted by atomic mass is 127. The number of halogens is 1. The molecule has 0 amide bonds. The lowest BCUT2D eigenvalue weighted by molar-refractivity contribution is 0.267. The van der Waals surface area contributed by atoms with Gasteiger partial charge in [-0.25, -0.2) is 0 Å². The Morgan fingerprint density at radius 2 is 2.31 bits per heavy atom. The molecule has 1 aliphatic heterocycles. The summed E-state index contributed by atoms with van der Waals surface area (Å²) in [6, 6.07) is 4.33. The van der Waals surface area contributed by atoms with Gasteiger partial charge in [0.05, 0.1) is 6.61 Å². The third-order valence-electron chi connectivity index (χ3n) is 2.44. The van der Waals surface area contributed by atoms with Gasteiger partial charge in [-0.3, -0.25) is 0 Å². The molecule has 1 aromatic rings. The number of ether oxygens (including phenoxy) is 1. The fraction of sp³-hybridized carbons (Fsp3) is 0.400. The molecule has 0 radical (unpaired) electrons. The molecule has 0 spiro atoms. The molecule has 0 saturated heterocycles. The lowest BCUT2D eigenvalue weighted by Crippen LogP contribution is -2.21. The maximum atomic E-state index is 5.98. The Kier molecular flexibility index (Phi) is 2.47. The largest absolute Gasteiger partial charge is 0.493 e. The van der Waals surface area contributed by atoms with Gasteiger partial charge in [-0.05, 0) is 35.6 Å². The van der Waals surface area contributed by atoms with Gasteiger partial charge in [0, 0.05) is 27.2 Å². The van der Waals surface area contributed by atoms with Crippen molar-refractivity contribution in [3.8, 4) is 5.75 Å². The average Bonchev–Trinajstić information content (AvgIpc) is 2.12. The number of benzene rings is 1. The summed E-state index contributed by atoms with van der Waals surface area (Å²) in [5, 5.41) is 0. The van der Waals surface area contributed by atoms with E-state index in [-0.39, 0.29) is 6.04 Å². The van der Waals surface area contributed by atoms with Gasteiger partial charge in [-0.2, -0.15) is 0 Å². The quantitative estimate of drug-likeness (QED) is 0.744. The molecule has 0 fully saturated rings. The van der Waals surface area contributed by atoms with Crippen LogP contribution in [0.4, 0.5) is 0 Å². The van der Waals surface area contributed by atoms with Crippen LogP contribution in [0.25, 0.3) is 0 Å². The number of hydrogen-bond donors (Lipinski definition) is 1. The van der Waals surface area contributed by atoms with E-state index in [1.165, 1.54) is 9.13 Å². The predicted molar refractivity (Wildman–Crippen MR) is 60.9 cm³/mol. The first-order valence-electron chi connectivity index (χ1n) is 4.37. The summed E-state index contributed by atoms with van der Waals surface area (Å²) >= 11 is 2.32. The van der Waals surface area contributed by atoms with E-state index < -0.39 is 0 Å². The number of fused-ring (bicyclic) bond motifs is 1. The molecule has 0 bridgehead atoms. The van der Waals surface area contributed by atoms with Crippen LogP contribution in [0.3, 0.4) is 0 Å². The van der Waals surface area contributed by atoms with E-state index in [2.05, 4.69) is 41.6 Å². The van der Waals surface area contributed by atoms with Crippen LogP contribution in [-0.2, 0) is 0 Å². The highest BCUT2D eigenvalue weighted by Gasteiger charge is 2.20. The molecule has 2 rings (SSSR count). The highest BCUT2D eigenvalue weighted by molar-refractivity contribution is 14.1. The van der Waals surface area contributed by atoms with Gasteiger partial charge in [0.15, 0.2) is 0 Å². The minimum atomic E-state index is 0.152. The molecular formula is C10H12INO.